The summed E-state index contributed by atoms with van der Waals surface area (Å²) >= 11 is 0. The van der Waals surface area contributed by atoms with Crippen molar-refractivity contribution in [3.05, 3.63) is 30.5 Å². The highest BCUT2D eigenvalue weighted by Crippen LogP contribution is 2.26. The first kappa shape index (κ1) is 15.4. The number of fused-ring (bicyclic) bond motifs is 1. The number of aryl methyl sites for hydroxylation is 1. The number of para-hydroxylation sites is 1. The number of nitrogens with one attached hydrogen (secondary N) is 1. The SMILES string of the molecule is COC(=O)C1CCN(C(=O)Nc2cn(C)c3ccccc23)CC1. The molecule has 0 spiro atoms. The summed E-state index contributed by atoms with van der Waals surface area (Å²) in [6, 6.07) is 7.83. The molecule has 0 atom stereocenters. The van der Waals surface area contributed by atoms with Gasteiger partial charge in [-0.3, -0.25) is 4.79 Å². The fourth-order valence-corrected chi connectivity index (χ4v) is 3.12. The number of amides is 2. The maximum Gasteiger partial charge on any atom is 0.321 e. The van der Waals surface area contributed by atoms with Gasteiger partial charge in [0.25, 0.3) is 0 Å². The van der Waals surface area contributed by atoms with E-state index in [-0.39, 0.29) is 17.9 Å². The highest BCUT2D eigenvalue weighted by Gasteiger charge is 2.28. The van der Waals surface area contributed by atoms with Crippen molar-refractivity contribution in [3.63, 3.8) is 0 Å². The van der Waals surface area contributed by atoms with E-state index < -0.39 is 0 Å². The predicted molar refractivity (Wildman–Crippen MR) is 88.3 cm³/mol. The molecule has 1 aromatic heterocycles. The van der Waals surface area contributed by atoms with E-state index in [1.54, 1.807) is 4.90 Å². The molecule has 6 nitrogen and oxygen atoms in total. The van der Waals surface area contributed by atoms with E-state index in [1.165, 1.54) is 7.11 Å². The Morgan fingerprint density at radius 3 is 2.61 bits per heavy atom. The van der Waals surface area contributed by atoms with Gasteiger partial charge in [-0.05, 0) is 18.9 Å². The van der Waals surface area contributed by atoms with Crippen LogP contribution in [0.2, 0.25) is 0 Å². The van der Waals surface area contributed by atoms with Crippen molar-refractivity contribution in [2.45, 2.75) is 12.8 Å². The molecule has 1 aliphatic heterocycles. The molecule has 0 radical (unpaired) electrons. The molecule has 1 aliphatic rings. The molecule has 1 N–H and O–H groups in total. The summed E-state index contributed by atoms with van der Waals surface area (Å²) in [4.78, 5) is 25.7. The van der Waals surface area contributed by atoms with E-state index >= 15 is 0 Å². The third-order valence-corrected chi connectivity index (χ3v) is 4.46. The highest BCUT2D eigenvalue weighted by atomic mass is 16.5. The zero-order valence-corrected chi connectivity index (χ0v) is 13.4. The summed E-state index contributed by atoms with van der Waals surface area (Å²) in [6.07, 6.45) is 3.22. The van der Waals surface area contributed by atoms with Gasteiger partial charge in [-0.1, -0.05) is 18.2 Å². The summed E-state index contributed by atoms with van der Waals surface area (Å²) in [7, 11) is 3.36. The molecule has 2 heterocycles. The summed E-state index contributed by atoms with van der Waals surface area (Å²) in [5.41, 5.74) is 1.88. The molecule has 2 aromatic rings. The number of methoxy groups -OCH3 is 1. The standard InChI is InChI=1S/C17H21N3O3/c1-19-11-14(13-5-3-4-6-15(13)19)18-17(22)20-9-7-12(8-10-20)16(21)23-2/h3-6,11-12H,7-10H2,1-2H3,(H,18,22). The van der Waals surface area contributed by atoms with Gasteiger partial charge in [-0.25, -0.2) is 4.79 Å². The van der Waals surface area contributed by atoms with Crippen LogP contribution in [0.3, 0.4) is 0 Å². The van der Waals surface area contributed by atoms with Crippen molar-refractivity contribution >= 4 is 28.6 Å². The minimum atomic E-state index is -0.181. The highest BCUT2D eigenvalue weighted by molar-refractivity contribution is 6.01. The molecule has 6 heteroatoms. The number of hydrogen-bond acceptors (Lipinski definition) is 3. The molecule has 0 saturated carbocycles. The lowest BCUT2D eigenvalue weighted by atomic mass is 9.97. The number of anilines is 1. The average molecular weight is 315 g/mol. The number of nitrogens with zero attached hydrogens (tertiary/aromatic N) is 2. The van der Waals surface area contributed by atoms with Crippen LogP contribution in [-0.4, -0.2) is 41.7 Å². The van der Waals surface area contributed by atoms with Crippen LogP contribution in [0.25, 0.3) is 10.9 Å². The topological polar surface area (TPSA) is 63.6 Å². The van der Waals surface area contributed by atoms with Gasteiger partial charge in [0.1, 0.15) is 0 Å². The van der Waals surface area contributed by atoms with Gasteiger partial charge < -0.3 is 19.5 Å². The van der Waals surface area contributed by atoms with E-state index in [4.69, 9.17) is 4.74 Å². The normalized spacial score (nSPS) is 15.7. The summed E-state index contributed by atoms with van der Waals surface area (Å²) in [5.74, 6) is -0.277. The number of piperidine rings is 1. The smallest absolute Gasteiger partial charge is 0.321 e. The second-order valence-corrected chi connectivity index (χ2v) is 5.89. The third kappa shape index (κ3) is 3.02. The lowest BCUT2D eigenvalue weighted by Crippen LogP contribution is -2.42. The molecule has 23 heavy (non-hydrogen) atoms. The van der Waals surface area contributed by atoms with Crippen LogP contribution in [-0.2, 0) is 16.6 Å². The fourth-order valence-electron chi connectivity index (χ4n) is 3.12. The number of ether oxygens (including phenoxy) is 1. The Balaban J connectivity index is 1.67. The van der Waals surface area contributed by atoms with Crippen LogP contribution in [0.5, 0.6) is 0 Å². The van der Waals surface area contributed by atoms with Crippen molar-refractivity contribution in [2.75, 3.05) is 25.5 Å². The summed E-state index contributed by atoms with van der Waals surface area (Å²) in [6.45, 7) is 1.13. The van der Waals surface area contributed by atoms with Gasteiger partial charge in [0.05, 0.1) is 18.7 Å². The van der Waals surface area contributed by atoms with Gasteiger partial charge in [-0.15, -0.1) is 0 Å². The number of urea groups is 1. The molecular weight excluding hydrogens is 294 g/mol. The molecule has 0 bridgehead atoms. The molecule has 3 rings (SSSR count). The Morgan fingerprint density at radius 2 is 1.91 bits per heavy atom. The van der Waals surface area contributed by atoms with Gasteiger partial charge in [0, 0.05) is 37.2 Å². The first-order chi connectivity index (χ1) is 11.1. The quantitative estimate of drug-likeness (QED) is 0.866. The van der Waals surface area contributed by atoms with E-state index in [0.29, 0.717) is 25.9 Å². The monoisotopic (exact) mass is 315 g/mol. The van der Waals surface area contributed by atoms with Crippen molar-refractivity contribution in [1.82, 2.24) is 9.47 Å². The molecule has 0 unspecified atom stereocenters. The van der Waals surface area contributed by atoms with Gasteiger partial charge in [0.2, 0.25) is 0 Å². The number of carbonyl (C=O) groups excluding carboxylic acids is 2. The molecule has 0 aliphatic carbocycles. The van der Waals surface area contributed by atoms with E-state index in [2.05, 4.69) is 5.32 Å². The minimum Gasteiger partial charge on any atom is -0.469 e. The number of benzene rings is 1. The van der Waals surface area contributed by atoms with E-state index in [0.717, 1.165) is 16.6 Å². The van der Waals surface area contributed by atoms with Gasteiger partial charge >= 0.3 is 12.0 Å². The first-order valence-electron chi connectivity index (χ1n) is 7.78. The lowest BCUT2D eigenvalue weighted by Gasteiger charge is -2.30. The number of rotatable bonds is 2. The second-order valence-electron chi connectivity index (χ2n) is 5.89. The summed E-state index contributed by atoms with van der Waals surface area (Å²) < 4.78 is 6.77. The Morgan fingerprint density at radius 1 is 1.22 bits per heavy atom. The number of hydrogen-bond donors (Lipinski definition) is 1. The summed E-state index contributed by atoms with van der Waals surface area (Å²) in [5, 5.41) is 4.00. The van der Waals surface area contributed by atoms with E-state index in [1.807, 2.05) is 42.1 Å². The average Bonchev–Trinajstić information content (AvgIpc) is 2.90. The molecule has 1 fully saturated rings. The van der Waals surface area contributed by atoms with Gasteiger partial charge in [0.15, 0.2) is 0 Å². The minimum absolute atomic E-state index is 0.0957. The second kappa shape index (κ2) is 6.32. The fraction of sp³-hybridized carbons (Fsp3) is 0.412. The van der Waals surface area contributed by atoms with Crippen LogP contribution in [0, 0.1) is 5.92 Å². The maximum atomic E-state index is 12.5. The Hall–Kier alpha value is -2.50. The maximum absolute atomic E-state index is 12.5. The van der Waals surface area contributed by atoms with Crippen LogP contribution >= 0.6 is 0 Å². The first-order valence-corrected chi connectivity index (χ1v) is 7.78. The van der Waals surface area contributed by atoms with Crippen molar-refractivity contribution in [2.24, 2.45) is 13.0 Å². The largest absolute Gasteiger partial charge is 0.469 e. The predicted octanol–water partition coefficient (Wildman–Crippen LogP) is 2.60. The molecule has 122 valence electrons. The molecular formula is C17H21N3O3. The van der Waals surface area contributed by atoms with Crippen LogP contribution < -0.4 is 5.32 Å². The lowest BCUT2D eigenvalue weighted by molar-refractivity contribution is -0.146. The van der Waals surface area contributed by atoms with E-state index in [9.17, 15) is 9.59 Å². The van der Waals surface area contributed by atoms with Crippen molar-refractivity contribution in [3.8, 4) is 0 Å². The van der Waals surface area contributed by atoms with Crippen LogP contribution in [0.1, 0.15) is 12.8 Å². The zero-order valence-electron chi connectivity index (χ0n) is 13.4. The zero-order chi connectivity index (χ0) is 16.4. The third-order valence-electron chi connectivity index (χ3n) is 4.46. The van der Waals surface area contributed by atoms with Gasteiger partial charge in [-0.2, -0.15) is 0 Å². The van der Waals surface area contributed by atoms with Crippen molar-refractivity contribution in [1.29, 1.82) is 0 Å². The van der Waals surface area contributed by atoms with Crippen LogP contribution in [0.15, 0.2) is 30.5 Å². The molecule has 1 saturated heterocycles. The number of likely N-dealkylation sites (tertiary alicyclic amines) is 1. The number of esters is 1. The Kier molecular flexibility index (Phi) is 4.23. The number of aromatic nitrogens is 1. The molecule has 1 aromatic carbocycles. The Bertz CT molecular complexity index is 730. The van der Waals surface area contributed by atoms with Crippen molar-refractivity contribution < 1.29 is 14.3 Å². The number of carbonyl (C=O) groups is 2. The molecule has 2 amide bonds. The van der Waals surface area contributed by atoms with Crippen LogP contribution in [0.4, 0.5) is 10.5 Å². The Labute approximate surface area is 135 Å².